The van der Waals surface area contributed by atoms with Crippen molar-refractivity contribution in [1.29, 1.82) is 0 Å². The van der Waals surface area contributed by atoms with Crippen LogP contribution in [0.5, 0.6) is 0 Å². The highest BCUT2D eigenvalue weighted by Gasteiger charge is 2.32. The third-order valence-corrected chi connectivity index (χ3v) is 5.17. The van der Waals surface area contributed by atoms with E-state index >= 15 is 0 Å². The van der Waals surface area contributed by atoms with E-state index in [0.717, 1.165) is 39.1 Å². The first kappa shape index (κ1) is 15.7. The molecule has 2 saturated heterocycles. The summed E-state index contributed by atoms with van der Waals surface area (Å²) in [5.41, 5.74) is 2.75. The number of piperidine rings is 1. The lowest BCUT2D eigenvalue weighted by Crippen LogP contribution is -2.41. The molecule has 0 spiro atoms. The van der Waals surface area contributed by atoms with E-state index in [1.54, 1.807) is 11.3 Å². The number of ether oxygens (including phenoxy) is 2. The molecule has 0 aliphatic carbocycles. The molecule has 2 fully saturated rings. The number of hydrogen-bond donors (Lipinski definition) is 0. The Bertz CT molecular complexity index is 526. The highest BCUT2D eigenvalue weighted by molar-refractivity contribution is 7.09. The molecule has 0 saturated carbocycles. The first-order chi connectivity index (χ1) is 10.4. The van der Waals surface area contributed by atoms with Crippen LogP contribution in [0.25, 0.3) is 0 Å². The zero-order chi connectivity index (χ0) is 15.7. The average molecular weight is 324 g/mol. The number of carbonyl (C=O) groups is 1. The lowest BCUT2D eigenvalue weighted by molar-refractivity contribution is 0.00621. The van der Waals surface area contributed by atoms with Crippen molar-refractivity contribution in [3.63, 3.8) is 0 Å². The monoisotopic (exact) mass is 324 g/mol. The van der Waals surface area contributed by atoms with Gasteiger partial charge in [0, 0.05) is 23.9 Å². The SMILES string of the molecule is CC(C)(C)OC(=O)N1CCC(c2scnc2C2COC2)CC1. The summed E-state index contributed by atoms with van der Waals surface area (Å²) in [4.78, 5) is 19.9. The predicted molar refractivity (Wildman–Crippen MR) is 85.5 cm³/mol. The topological polar surface area (TPSA) is 51.7 Å². The third kappa shape index (κ3) is 3.43. The summed E-state index contributed by atoms with van der Waals surface area (Å²) in [6.07, 6.45) is 1.78. The van der Waals surface area contributed by atoms with Gasteiger partial charge in [0.25, 0.3) is 0 Å². The van der Waals surface area contributed by atoms with Crippen LogP contribution in [-0.2, 0) is 9.47 Å². The second kappa shape index (κ2) is 6.16. The van der Waals surface area contributed by atoms with Crippen molar-refractivity contribution in [1.82, 2.24) is 9.88 Å². The van der Waals surface area contributed by atoms with Gasteiger partial charge in [0.15, 0.2) is 0 Å². The van der Waals surface area contributed by atoms with Crippen LogP contribution in [0.4, 0.5) is 4.79 Å². The van der Waals surface area contributed by atoms with Crippen LogP contribution in [0.15, 0.2) is 5.51 Å². The largest absolute Gasteiger partial charge is 0.444 e. The van der Waals surface area contributed by atoms with Gasteiger partial charge in [-0.1, -0.05) is 0 Å². The molecule has 2 aliphatic rings. The number of thiazole rings is 1. The quantitative estimate of drug-likeness (QED) is 0.837. The Balaban J connectivity index is 1.58. The number of hydrogen-bond acceptors (Lipinski definition) is 5. The van der Waals surface area contributed by atoms with Gasteiger partial charge in [-0.15, -0.1) is 11.3 Å². The maximum absolute atomic E-state index is 12.1. The maximum atomic E-state index is 12.1. The first-order valence-corrected chi connectivity index (χ1v) is 8.81. The Morgan fingerprint density at radius 2 is 2.00 bits per heavy atom. The van der Waals surface area contributed by atoms with Crippen molar-refractivity contribution in [3.05, 3.63) is 16.1 Å². The minimum Gasteiger partial charge on any atom is -0.444 e. The molecular formula is C16H24N2O3S. The predicted octanol–water partition coefficient (Wildman–Crippen LogP) is 3.37. The maximum Gasteiger partial charge on any atom is 0.410 e. The lowest BCUT2D eigenvalue weighted by atomic mass is 9.90. The summed E-state index contributed by atoms with van der Waals surface area (Å²) in [5, 5.41) is 0. The molecular weight excluding hydrogens is 300 g/mol. The molecule has 0 unspecified atom stereocenters. The summed E-state index contributed by atoms with van der Waals surface area (Å²) >= 11 is 1.75. The average Bonchev–Trinajstić information content (AvgIpc) is 2.84. The minimum atomic E-state index is -0.428. The second-order valence-corrected chi connectivity index (χ2v) is 7.96. The molecule has 1 aromatic heterocycles. The highest BCUT2D eigenvalue weighted by atomic mass is 32.1. The fraction of sp³-hybridized carbons (Fsp3) is 0.750. The van der Waals surface area contributed by atoms with Crippen molar-refractivity contribution in [2.45, 2.75) is 51.0 Å². The van der Waals surface area contributed by atoms with E-state index in [0.29, 0.717) is 11.8 Å². The van der Waals surface area contributed by atoms with Crippen LogP contribution in [0.1, 0.15) is 56.0 Å². The van der Waals surface area contributed by atoms with Crippen molar-refractivity contribution in [3.8, 4) is 0 Å². The number of amides is 1. The van der Waals surface area contributed by atoms with E-state index in [1.165, 1.54) is 10.6 Å². The summed E-state index contributed by atoms with van der Waals surface area (Å²) in [6.45, 7) is 8.84. The Labute approximate surface area is 135 Å². The van der Waals surface area contributed by atoms with Gasteiger partial charge < -0.3 is 14.4 Å². The standard InChI is InChI=1S/C16H24N2O3S/c1-16(2,3)21-15(19)18-6-4-11(5-7-18)14-13(17-10-22-14)12-8-20-9-12/h10-12H,4-9H2,1-3H3. The van der Waals surface area contributed by atoms with Gasteiger partial charge >= 0.3 is 6.09 Å². The van der Waals surface area contributed by atoms with Gasteiger partial charge in [-0.25, -0.2) is 9.78 Å². The Hall–Kier alpha value is -1.14. The Kier molecular flexibility index (Phi) is 4.41. The van der Waals surface area contributed by atoms with Crippen molar-refractivity contribution in [2.75, 3.05) is 26.3 Å². The number of likely N-dealkylation sites (tertiary alicyclic amines) is 1. The minimum absolute atomic E-state index is 0.192. The second-order valence-electron chi connectivity index (χ2n) is 7.08. The van der Waals surface area contributed by atoms with Gasteiger partial charge in [0.1, 0.15) is 5.60 Å². The molecule has 0 radical (unpaired) electrons. The van der Waals surface area contributed by atoms with E-state index < -0.39 is 5.60 Å². The number of aromatic nitrogens is 1. The molecule has 22 heavy (non-hydrogen) atoms. The smallest absolute Gasteiger partial charge is 0.410 e. The van der Waals surface area contributed by atoms with Crippen LogP contribution in [0, 0.1) is 0 Å². The molecule has 122 valence electrons. The molecule has 0 atom stereocenters. The number of carbonyl (C=O) groups excluding carboxylic acids is 1. The van der Waals surface area contributed by atoms with Crippen LogP contribution in [0.3, 0.4) is 0 Å². The Morgan fingerprint density at radius 1 is 1.32 bits per heavy atom. The molecule has 0 bridgehead atoms. The van der Waals surface area contributed by atoms with Crippen LogP contribution in [0.2, 0.25) is 0 Å². The van der Waals surface area contributed by atoms with E-state index in [2.05, 4.69) is 4.98 Å². The fourth-order valence-corrected chi connectivity index (χ4v) is 3.97. The number of rotatable bonds is 2. The molecule has 1 aromatic rings. The van der Waals surface area contributed by atoms with E-state index in [-0.39, 0.29) is 6.09 Å². The molecule has 3 rings (SSSR count). The fourth-order valence-electron chi connectivity index (χ4n) is 2.92. The highest BCUT2D eigenvalue weighted by Crippen LogP contribution is 2.38. The molecule has 0 aromatic carbocycles. The van der Waals surface area contributed by atoms with Gasteiger partial charge in [-0.2, -0.15) is 0 Å². The van der Waals surface area contributed by atoms with Crippen LogP contribution >= 0.6 is 11.3 Å². The molecule has 6 heteroatoms. The lowest BCUT2D eigenvalue weighted by Gasteiger charge is -2.34. The van der Waals surface area contributed by atoms with Crippen molar-refractivity contribution < 1.29 is 14.3 Å². The molecule has 0 N–H and O–H groups in total. The van der Waals surface area contributed by atoms with E-state index in [1.807, 2.05) is 31.2 Å². The van der Waals surface area contributed by atoms with Gasteiger partial charge in [0.2, 0.25) is 0 Å². The zero-order valence-electron chi connectivity index (χ0n) is 13.5. The molecule has 2 aliphatic heterocycles. The van der Waals surface area contributed by atoms with Crippen LogP contribution in [-0.4, -0.2) is 47.9 Å². The molecule has 1 amide bonds. The van der Waals surface area contributed by atoms with E-state index in [4.69, 9.17) is 9.47 Å². The van der Waals surface area contributed by atoms with Crippen molar-refractivity contribution >= 4 is 17.4 Å². The van der Waals surface area contributed by atoms with Gasteiger partial charge in [-0.05, 0) is 39.5 Å². The van der Waals surface area contributed by atoms with E-state index in [9.17, 15) is 4.79 Å². The van der Waals surface area contributed by atoms with Crippen LogP contribution < -0.4 is 0 Å². The summed E-state index contributed by atoms with van der Waals surface area (Å²) in [5.74, 6) is 0.993. The summed E-state index contributed by atoms with van der Waals surface area (Å²) in [7, 11) is 0. The van der Waals surface area contributed by atoms with Crippen molar-refractivity contribution in [2.24, 2.45) is 0 Å². The molecule has 5 nitrogen and oxygen atoms in total. The van der Waals surface area contributed by atoms with Gasteiger partial charge in [-0.3, -0.25) is 0 Å². The zero-order valence-corrected chi connectivity index (χ0v) is 14.3. The first-order valence-electron chi connectivity index (χ1n) is 7.93. The Morgan fingerprint density at radius 3 is 2.55 bits per heavy atom. The summed E-state index contributed by atoms with van der Waals surface area (Å²) in [6, 6.07) is 0. The van der Waals surface area contributed by atoms with Gasteiger partial charge in [0.05, 0.1) is 24.4 Å². The molecule has 3 heterocycles. The normalized spacial score (nSPS) is 20.8. The third-order valence-electron chi connectivity index (χ3n) is 4.17. The number of nitrogens with zero attached hydrogens (tertiary/aromatic N) is 2. The summed E-state index contributed by atoms with van der Waals surface area (Å²) < 4.78 is 10.7.